The fourth-order valence-corrected chi connectivity index (χ4v) is 5.32. The third-order valence-corrected chi connectivity index (χ3v) is 7.24. The molecule has 0 radical (unpaired) electrons. The van der Waals surface area contributed by atoms with E-state index in [1.807, 2.05) is 42.5 Å². The van der Waals surface area contributed by atoms with Crippen molar-refractivity contribution >= 4 is 11.8 Å². The number of para-hydroxylation sites is 1. The second kappa shape index (κ2) is 9.15. The number of nitrogens with one attached hydrogen (secondary N) is 1. The Morgan fingerprint density at radius 3 is 2.67 bits per heavy atom. The molecule has 2 heterocycles. The lowest BCUT2D eigenvalue weighted by molar-refractivity contribution is -0.139. The van der Waals surface area contributed by atoms with Crippen molar-refractivity contribution in [1.82, 2.24) is 10.2 Å². The molecule has 0 bridgehead atoms. The van der Waals surface area contributed by atoms with Gasteiger partial charge in [0.25, 0.3) is 0 Å². The van der Waals surface area contributed by atoms with Gasteiger partial charge in [0.1, 0.15) is 18.0 Å². The van der Waals surface area contributed by atoms with E-state index in [2.05, 4.69) is 5.32 Å². The molecule has 2 aliphatic carbocycles. The predicted molar refractivity (Wildman–Crippen MR) is 127 cm³/mol. The van der Waals surface area contributed by atoms with Gasteiger partial charge in [0.2, 0.25) is 18.6 Å². The van der Waals surface area contributed by atoms with Gasteiger partial charge in [-0.1, -0.05) is 24.3 Å². The maximum Gasteiger partial charge on any atom is 0.247 e. The van der Waals surface area contributed by atoms with Gasteiger partial charge in [-0.2, -0.15) is 0 Å². The number of nitrogens with zero attached hydrogens (tertiary/aromatic N) is 1. The Balaban J connectivity index is 1.38. The van der Waals surface area contributed by atoms with Gasteiger partial charge < -0.3 is 34.6 Å². The van der Waals surface area contributed by atoms with E-state index in [9.17, 15) is 19.8 Å². The zero-order valence-corrected chi connectivity index (χ0v) is 19.6. The Labute approximate surface area is 208 Å². The molecule has 4 unspecified atom stereocenters. The molecule has 1 fully saturated rings. The van der Waals surface area contributed by atoms with E-state index in [0.717, 1.165) is 24.0 Å². The molecule has 188 valence electrons. The number of amides is 2. The number of aliphatic hydroxyl groups excluding tert-OH is 2. The van der Waals surface area contributed by atoms with E-state index in [0.29, 0.717) is 22.8 Å². The number of hydrogen-bond acceptors (Lipinski definition) is 7. The van der Waals surface area contributed by atoms with Gasteiger partial charge in [0.05, 0.1) is 18.6 Å². The minimum atomic E-state index is -1.05. The summed E-state index contributed by atoms with van der Waals surface area (Å²) in [5.74, 6) is 0.906. The van der Waals surface area contributed by atoms with Crippen LogP contribution in [0.2, 0.25) is 0 Å². The number of hydrogen-bond donors (Lipinski definition) is 3. The third-order valence-electron chi connectivity index (χ3n) is 7.24. The lowest BCUT2D eigenvalue weighted by Gasteiger charge is -2.41. The Morgan fingerprint density at radius 2 is 1.86 bits per heavy atom. The van der Waals surface area contributed by atoms with E-state index < -0.39 is 24.2 Å². The monoisotopic (exact) mass is 492 g/mol. The number of rotatable bonds is 7. The smallest absolute Gasteiger partial charge is 0.247 e. The molecule has 4 atom stereocenters. The van der Waals surface area contributed by atoms with Crippen LogP contribution in [-0.2, 0) is 16.1 Å². The largest absolute Gasteiger partial charge is 0.486 e. The van der Waals surface area contributed by atoms with Gasteiger partial charge in [-0.25, -0.2) is 0 Å². The van der Waals surface area contributed by atoms with Gasteiger partial charge >= 0.3 is 0 Å². The molecule has 4 aliphatic rings. The molecule has 9 heteroatoms. The molecule has 2 aliphatic heterocycles. The van der Waals surface area contributed by atoms with E-state index in [1.54, 1.807) is 11.0 Å². The molecular formula is C27H28N2O7. The van der Waals surface area contributed by atoms with Gasteiger partial charge in [-0.15, -0.1) is 0 Å². The molecule has 1 saturated carbocycles. The summed E-state index contributed by atoms with van der Waals surface area (Å²) >= 11 is 0. The quantitative estimate of drug-likeness (QED) is 0.536. The van der Waals surface area contributed by atoms with Crippen LogP contribution in [0.4, 0.5) is 0 Å². The molecule has 36 heavy (non-hydrogen) atoms. The van der Waals surface area contributed by atoms with Crippen molar-refractivity contribution in [3.05, 3.63) is 65.2 Å². The van der Waals surface area contributed by atoms with Gasteiger partial charge in [-0.3, -0.25) is 9.59 Å². The van der Waals surface area contributed by atoms with Gasteiger partial charge in [0.15, 0.2) is 11.5 Å². The number of benzene rings is 2. The standard InChI is InChI=1S/C27H28N2O7/c30-10-9-28-26(32)18-12-19(24(31)25-23(18)17-3-1-2-4-20(17)36-25)29(27(33)16-6-7-16)13-15-5-8-21-22(11-15)35-14-34-21/h1-5,8,11-12,16,19,23-25,30-31H,6-7,9-10,13-14H2,(H,28,32). The van der Waals surface area contributed by atoms with Crippen molar-refractivity contribution in [2.75, 3.05) is 19.9 Å². The van der Waals surface area contributed by atoms with Crippen LogP contribution in [-0.4, -0.2) is 65.1 Å². The van der Waals surface area contributed by atoms with Crippen molar-refractivity contribution < 1.29 is 34.0 Å². The number of carbonyl (C=O) groups is 2. The molecule has 0 aromatic heterocycles. The summed E-state index contributed by atoms with van der Waals surface area (Å²) in [6.45, 7) is 0.300. The Bertz CT molecular complexity index is 1220. The van der Waals surface area contributed by atoms with E-state index in [-0.39, 0.29) is 44.2 Å². The number of fused-ring (bicyclic) bond motifs is 4. The Kier molecular flexibility index (Phi) is 5.81. The van der Waals surface area contributed by atoms with Crippen LogP contribution in [0.15, 0.2) is 54.1 Å². The van der Waals surface area contributed by atoms with Crippen LogP contribution >= 0.6 is 0 Å². The topological polar surface area (TPSA) is 118 Å². The lowest BCUT2D eigenvalue weighted by atomic mass is 9.77. The van der Waals surface area contributed by atoms with Crippen LogP contribution in [0.1, 0.15) is 29.9 Å². The third kappa shape index (κ3) is 3.98. The first kappa shape index (κ1) is 22.9. The normalized spacial score (nSPS) is 25.3. The van der Waals surface area contributed by atoms with Crippen molar-refractivity contribution in [1.29, 1.82) is 0 Å². The van der Waals surface area contributed by atoms with Crippen molar-refractivity contribution in [3.8, 4) is 17.2 Å². The van der Waals surface area contributed by atoms with Crippen LogP contribution in [0.5, 0.6) is 17.2 Å². The van der Waals surface area contributed by atoms with Gasteiger partial charge in [0, 0.05) is 30.1 Å². The Morgan fingerprint density at radius 1 is 1.06 bits per heavy atom. The SMILES string of the molecule is O=C(NCCO)C1=CC(N(Cc2ccc3c(c2)OCO3)C(=O)C2CC2)C(O)C2Oc3ccccc3C12. The molecule has 3 N–H and O–H groups in total. The lowest BCUT2D eigenvalue weighted by Crippen LogP contribution is -2.55. The predicted octanol–water partition coefficient (Wildman–Crippen LogP) is 1.48. The van der Waals surface area contributed by atoms with Crippen LogP contribution in [0, 0.1) is 5.92 Å². The maximum absolute atomic E-state index is 13.5. The summed E-state index contributed by atoms with van der Waals surface area (Å²) in [5.41, 5.74) is 2.08. The van der Waals surface area contributed by atoms with Crippen molar-refractivity contribution in [2.24, 2.45) is 5.92 Å². The van der Waals surface area contributed by atoms with E-state index in [4.69, 9.17) is 14.2 Å². The molecule has 2 amide bonds. The van der Waals surface area contributed by atoms with Crippen LogP contribution in [0.3, 0.4) is 0 Å². The summed E-state index contributed by atoms with van der Waals surface area (Å²) in [7, 11) is 0. The highest BCUT2D eigenvalue weighted by Crippen LogP contribution is 2.47. The average Bonchev–Trinajstić information content (AvgIpc) is 3.51. The fourth-order valence-electron chi connectivity index (χ4n) is 5.32. The minimum absolute atomic E-state index is 0.0583. The van der Waals surface area contributed by atoms with Crippen LogP contribution < -0.4 is 19.5 Å². The second-order valence-electron chi connectivity index (χ2n) is 9.61. The Hall–Kier alpha value is -3.56. The maximum atomic E-state index is 13.5. The number of ether oxygens (including phenoxy) is 3. The summed E-state index contributed by atoms with van der Waals surface area (Å²) in [6, 6.07) is 12.2. The van der Waals surface area contributed by atoms with Gasteiger partial charge in [-0.05, 0) is 42.7 Å². The number of aliphatic hydroxyl groups is 2. The summed E-state index contributed by atoms with van der Waals surface area (Å²) < 4.78 is 17.1. The van der Waals surface area contributed by atoms with Crippen LogP contribution in [0.25, 0.3) is 0 Å². The summed E-state index contributed by atoms with van der Waals surface area (Å²) in [4.78, 5) is 28.4. The van der Waals surface area contributed by atoms with Crippen molar-refractivity contribution in [2.45, 2.75) is 43.6 Å². The molecular weight excluding hydrogens is 464 g/mol. The van der Waals surface area contributed by atoms with E-state index >= 15 is 0 Å². The highest BCUT2D eigenvalue weighted by molar-refractivity contribution is 5.96. The molecule has 9 nitrogen and oxygen atoms in total. The summed E-state index contributed by atoms with van der Waals surface area (Å²) in [5, 5.41) is 23.5. The highest BCUT2D eigenvalue weighted by atomic mass is 16.7. The number of carbonyl (C=O) groups excluding carboxylic acids is 2. The minimum Gasteiger partial charge on any atom is -0.486 e. The first-order valence-corrected chi connectivity index (χ1v) is 12.3. The fraction of sp³-hybridized carbons (Fsp3) is 0.407. The average molecular weight is 493 g/mol. The second-order valence-corrected chi connectivity index (χ2v) is 9.61. The molecule has 0 spiro atoms. The molecule has 2 aromatic carbocycles. The molecule has 2 aromatic rings. The summed E-state index contributed by atoms with van der Waals surface area (Å²) in [6.07, 6.45) is 1.55. The first-order valence-electron chi connectivity index (χ1n) is 12.3. The zero-order chi connectivity index (χ0) is 24.8. The zero-order valence-electron chi connectivity index (χ0n) is 19.6. The van der Waals surface area contributed by atoms with E-state index in [1.165, 1.54) is 0 Å². The molecule has 6 rings (SSSR count). The molecule has 0 saturated heterocycles. The van der Waals surface area contributed by atoms with Crippen molar-refractivity contribution in [3.63, 3.8) is 0 Å². The highest BCUT2D eigenvalue weighted by Gasteiger charge is 2.51. The first-order chi connectivity index (χ1) is 17.5.